The predicted molar refractivity (Wildman–Crippen MR) is 79.5 cm³/mol. The number of fused-ring (bicyclic) bond motifs is 1. The Labute approximate surface area is 123 Å². The molecule has 0 fully saturated rings. The molecule has 5 nitrogen and oxygen atoms in total. The van der Waals surface area contributed by atoms with Crippen molar-refractivity contribution in [2.75, 3.05) is 11.4 Å². The number of carbonyl (C=O) groups excluding carboxylic acids is 1. The van der Waals surface area contributed by atoms with Crippen LogP contribution >= 0.6 is 0 Å². The Bertz CT molecular complexity index is 678. The van der Waals surface area contributed by atoms with Gasteiger partial charge in [-0.3, -0.25) is 4.79 Å². The normalized spacial score (nSPS) is 17.3. The fourth-order valence-electron chi connectivity index (χ4n) is 2.50. The first-order valence-corrected chi connectivity index (χ1v) is 6.95. The van der Waals surface area contributed by atoms with Crippen molar-refractivity contribution in [3.8, 4) is 5.75 Å². The van der Waals surface area contributed by atoms with Crippen LogP contribution in [0.5, 0.6) is 5.75 Å². The van der Waals surface area contributed by atoms with Gasteiger partial charge in [0, 0.05) is 0 Å². The Hall–Kier alpha value is -2.27. The zero-order chi connectivity index (χ0) is 15.0. The van der Waals surface area contributed by atoms with Gasteiger partial charge in [-0.15, -0.1) is 0 Å². The summed E-state index contributed by atoms with van der Waals surface area (Å²) in [4.78, 5) is 14.4. The average Bonchev–Trinajstić information content (AvgIpc) is 2.94. The molecule has 21 heavy (non-hydrogen) atoms. The van der Waals surface area contributed by atoms with Crippen LogP contribution in [-0.2, 0) is 6.54 Å². The maximum Gasteiger partial charge on any atom is 0.261 e. The number of hydrogen-bond acceptors (Lipinski definition) is 4. The minimum absolute atomic E-state index is 0.0517. The number of aryl methyl sites for hydroxylation is 1. The molecule has 1 aromatic carbocycles. The monoisotopic (exact) mass is 286 g/mol. The van der Waals surface area contributed by atoms with Crippen LogP contribution in [0.2, 0.25) is 0 Å². The van der Waals surface area contributed by atoms with Crippen molar-refractivity contribution >= 4 is 11.6 Å². The molecule has 1 aliphatic rings. The largest absolute Gasteiger partial charge is 0.487 e. The molecular weight excluding hydrogens is 268 g/mol. The fourth-order valence-corrected chi connectivity index (χ4v) is 2.50. The van der Waals surface area contributed by atoms with E-state index < -0.39 is 0 Å². The summed E-state index contributed by atoms with van der Waals surface area (Å²) in [6.07, 6.45) is 1.41. The highest BCUT2D eigenvalue weighted by molar-refractivity contribution is 6.07. The van der Waals surface area contributed by atoms with Crippen LogP contribution in [0.4, 0.5) is 5.69 Å². The maximum atomic E-state index is 12.7. The van der Waals surface area contributed by atoms with Crippen molar-refractivity contribution in [2.45, 2.75) is 26.5 Å². The number of anilines is 1. The van der Waals surface area contributed by atoms with Crippen LogP contribution in [0.25, 0.3) is 0 Å². The molecule has 0 spiro atoms. The highest BCUT2D eigenvalue weighted by Crippen LogP contribution is 2.35. The van der Waals surface area contributed by atoms with Gasteiger partial charge in [0.15, 0.2) is 0 Å². The SMILES string of the molecule is Cc1ccc2c(c1)OC(C)CN2C(=O)c1coc(CN)c1. The molecule has 2 aromatic rings. The van der Waals surface area contributed by atoms with Crippen molar-refractivity contribution in [1.29, 1.82) is 0 Å². The van der Waals surface area contributed by atoms with Crippen LogP contribution in [0.1, 0.15) is 28.6 Å². The van der Waals surface area contributed by atoms with Gasteiger partial charge in [-0.2, -0.15) is 0 Å². The predicted octanol–water partition coefficient (Wildman–Crippen LogP) is 2.47. The third kappa shape index (κ3) is 2.52. The molecule has 1 amide bonds. The smallest absolute Gasteiger partial charge is 0.261 e. The van der Waals surface area contributed by atoms with E-state index >= 15 is 0 Å². The van der Waals surface area contributed by atoms with Gasteiger partial charge in [-0.25, -0.2) is 0 Å². The Morgan fingerprint density at radius 2 is 2.24 bits per heavy atom. The summed E-state index contributed by atoms with van der Waals surface area (Å²) in [5.41, 5.74) is 7.92. The van der Waals surface area contributed by atoms with E-state index in [1.165, 1.54) is 6.26 Å². The summed E-state index contributed by atoms with van der Waals surface area (Å²) < 4.78 is 11.1. The van der Waals surface area contributed by atoms with Gasteiger partial charge >= 0.3 is 0 Å². The molecule has 1 atom stereocenters. The average molecular weight is 286 g/mol. The van der Waals surface area contributed by atoms with Crippen LogP contribution in [0, 0.1) is 6.92 Å². The number of amides is 1. The van der Waals surface area contributed by atoms with Gasteiger partial charge in [0.05, 0.1) is 24.3 Å². The number of furan rings is 1. The molecule has 2 N–H and O–H groups in total. The lowest BCUT2D eigenvalue weighted by atomic mass is 10.1. The molecule has 0 aliphatic carbocycles. The Morgan fingerprint density at radius 1 is 1.43 bits per heavy atom. The van der Waals surface area contributed by atoms with Gasteiger partial charge < -0.3 is 19.8 Å². The first-order chi connectivity index (χ1) is 10.1. The molecular formula is C16H18N2O3. The Kier molecular flexibility index (Phi) is 3.43. The summed E-state index contributed by atoms with van der Waals surface area (Å²) in [5.74, 6) is 1.24. The first kappa shape index (κ1) is 13.7. The van der Waals surface area contributed by atoms with Gasteiger partial charge in [0.25, 0.3) is 5.91 Å². The molecule has 1 unspecified atom stereocenters. The summed E-state index contributed by atoms with van der Waals surface area (Å²) in [5, 5.41) is 0. The van der Waals surface area contributed by atoms with E-state index in [9.17, 15) is 4.79 Å². The topological polar surface area (TPSA) is 68.7 Å². The zero-order valence-corrected chi connectivity index (χ0v) is 12.1. The number of carbonyl (C=O) groups is 1. The van der Waals surface area contributed by atoms with E-state index in [0.717, 1.165) is 17.0 Å². The molecule has 0 radical (unpaired) electrons. The Morgan fingerprint density at radius 3 is 2.95 bits per heavy atom. The van der Waals surface area contributed by atoms with Gasteiger partial charge in [-0.05, 0) is 37.6 Å². The van der Waals surface area contributed by atoms with Crippen LogP contribution in [0.3, 0.4) is 0 Å². The summed E-state index contributed by atoms with van der Waals surface area (Å²) in [7, 11) is 0. The second-order valence-corrected chi connectivity index (χ2v) is 5.32. The van der Waals surface area contributed by atoms with Crippen LogP contribution in [0.15, 0.2) is 34.9 Å². The number of benzene rings is 1. The lowest BCUT2D eigenvalue weighted by Crippen LogP contribution is -2.42. The van der Waals surface area contributed by atoms with Crippen molar-refractivity contribution in [1.82, 2.24) is 0 Å². The zero-order valence-electron chi connectivity index (χ0n) is 12.1. The molecule has 110 valence electrons. The molecule has 0 bridgehead atoms. The summed E-state index contributed by atoms with van der Waals surface area (Å²) >= 11 is 0. The minimum Gasteiger partial charge on any atom is -0.487 e. The van der Waals surface area contributed by atoms with E-state index in [4.69, 9.17) is 14.9 Å². The highest BCUT2D eigenvalue weighted by Gasteiger charge is 2.29. The van der Waals surface area contributed by atoms with Gasteiger partial charge in [0.2, 0.25) is 0 Å². The third-order valence-electron chi connectivity index (χ3n) is 3.52. The molecule has 3 rings (SSSR count). The van der Waals surface area contributed by atoms with Crippen LogP contribution < -0.4 is 15.4 Å². The highest BCUT2D eigenvalue weighted by atomic mass is 16.5. The van der Waals surface area contributed by atoms with E-state index in [1.54, 1.807) is 11.0 Å². The quantitative estimate of drug-likeness (QED) is 0.920. The molecule has 2 heterocycles. The van der Waals surface area contributed by atoms with Crippen LogP contribution in [-0.4, -0.2) is 18.6 Å². The number of hydrogen-bond donors (Lipinski definition) is 1. The van der Waals surface area contributed by atoms with E-state index in [1.807, 2.05) is 32.0 Å². The van der Waals surface area contributed by atoms with Gasteiger partial charge in [-0.1, -0.05) is 6.07 Å². The number of nitrogens with two attached hydrogens (primary N) is 1. The van der Waals surface area contributed by atoms with E-state index in [0.29, 0.717) is 17.9 Å². The summed E-state index contributed by atoms with van der Waals surface area (Å²) in [6, 6.07) is 7.53. The summed E-state index contributed by atoms with van der Waals surface area (Å²) in [6.45, 7) is 4.74. The molecule has 5 heteroatoms. The van der Waals surface area contributed by atoms with Crippen molar-refractivity contribution < 1.29 is 13.9 Å². The minimum atomic E-state index is -0.0984. The molecule has 0 saturated carbocycles. The second-order valence-electron chi connectivity index (χ2n) is 5.32. The maximum absolute atomic E-state index is 12.7. The standard InChI is InChI=1S/C16H18N2O3/c1-10-3-4-14-15(5-10)21-11(2)8-18(14)16(19)12-6-13(7-17)20-9-12/h3-6,9,11H,7-8,17H2,1-2H3. The molecule has 1 aromatic heterocycles. The van der Waals surface area contributed by atoms with Gasteiger partial charge in [0.1, 0.15) is 23.9 Å². The van der Waals surface area contributed by atoms with Crippen molar-refractivity contribution in [2.24, 2.45) is 5.73 Å². The van der Waals surface area contributed by atoms with Crippen molar-refractivity contribution in [3.05, 3.63) is 47.4 Å². The van der Waals surface area contributed by atoms with E-state index in [-0.39, 0.29) is 18.6 Å². The first-order valence-electron chi connectivity index (χ1n) is 6.95. The second kappa shape index (κ2) is 5.26. The lowest BCUT2D eigenvalue weighted by Gasteiger charge is -2.33. The Balaban J connectivity index is 1.97. The van der Waals surface area contributed by atoms with E-state index in [2.05, 4.69) is 0 Å². The number of nitrogens with zero attached hydrogens (tertiary/aromatic N) is 1. The molecule has 1 aliphatic heterocycles. The third-order valence-corrected chi connectivity index (χ3v) is 3.52. The lowest BCUT2D eigenvalue weighted by molar-refractivity contribution is 0.0960. The number of ether oxygens (including phenoxy) is 1. The van der Waals surface area contributed by atoms with Crippen molar-refractivity contribution in [3.63, 3.8) is 0 Å². The molecule has 0 saturated heterocycles. The number of rotatable bonds is 2. The fraction of sp³-hybridized carbons (Fsp3) is 0.312.